The lowest BCUT2D eigenvalue weighted by Crippen LogP contribution is -2.64. The zero-order valence-electron chi connectivity index (χ0n) is 15.3. The number of aliphatic hydroxyl groups is 1. The van der Waals surface area contributed by atoms with E-state index in [0.717, 1.165) is 0 Å². The van der Waals surface area contributed by atoms with Crippen LogP contribution in [0.15, 0.2) is 12.1 Å². The molecule has 0 aromatic heterocycles. The van der Waals surface area contributed by atoms with Crippen molar-refractivity contribution in [3.05, 3.63) is 23.3 Å². The average Bonchev–Trinajstić information content (AvgIpc) is 3.37. The van der Waals surface area contributed by atoms with Crippen molar-refractivity contribution in [2.24, 2.45) is 5.73 Å². The summed E-state index contributed by atoms with van der Waals surface area (Å²) in [6.07, 6.45) is -0.0397. The highest BCUT2D eigenvalue weighted by atomic mass is 16.5. The van der Waals surface area contributed by atoms with E-state index >= 15 is 0 Å². The van der Waals surface area contributed by atoms with Gasteiger partial charge < -0.3 is 40.7 Å². The minimum atomic E-state index is -1.53. The third-order valence-corrected chi connectivity index (χ3v) is 5.25. The molecule has 28 heavy (non-hydrogen) atoms. The quantitative estimate of drug-likeness (QED) is 0.308. The number of hydrogen-bond acceptors (Lipinski definition) is 8. The van der Waals surface area contributed by atoms with Crippen molar-refractivity contribution >= 4 is 19.0 Å². The number of nitrogens with two attached hydrogens (primary N) is 1. The van der Waals surface area contributed by atoms with Crippen molar-refractivity contribution < 1.29 is 39.7 Å². The van der Waals surface area contributed by atoms with Crippen LogP contribution in [-0.4, -0.2) is 80.6 Å². The molecule has 1 aromatic rings. The van der Waals surface area contributed by atoms with E-state index < -0.39 is 54.4 Å². The number of phenols is 1. The average molecular weight is 394 g/mol. The standard InChI is InChI=1S/C17H23BN2O8/c1-17(19,7-21)16(25)20-5-8(6-20)28-12-3-2-9(10-4-11(10)18(26)27)14(22)13(12)15(23)24/h2-3,8,10-11,21-22,26-27H,4-7,19H2,1H3,(H,23,24)/t10-,11-,17+/m0/s1. The van der Waals surface area contributed by atoms with Gasteiger partial charge in [-0.1, -0.05) is 6.07 Å². The maximum absolute atomic E-state index is 12.1. The molecule has 152 valence electrons. The van der Waals surface area contributed by atoms with Gasteiger partial charge in [-0.15, -0.1) is 0 Å². The lowest BCUT2D eigenvalue weighted by molar-refractivity contribution is -0.146. The van der Waals surface area contributed by atoms with Gasteiger partial charge in [-0.05, 0) is 30.9 Å². The van der Waals surface area contributed by atoms with Crippen molar-refractivity contribution in [1.82, 2.24) is 4.90 Å². The molecule has 10 nitrogen and oxygen atoms in total. The number of ether oxygens (including phenoxy) is 1. The third kappa shape index (κ3) is 3.66. The van der Waals surface area contributed by atoms with Gasteiger partial charge >= 0.3 is 13.1 Å². The minimum absolute atomic E-state index is 0.0368. The summed E-state index contributed by atoms with van der Waals surface area (Å²) in [5.41, 5.74) is 4.24. The number of likely N-dealkylation sites (tertiary alicyclic amines) is 1. The molecule has 1 aromatic carbocycles. The Bertz CT molecular complexity index is 794. The van der Waals surface area contributed by atoms with Crippen LogP contribution in [0, 0.1) is 0 Å². The van der Waals surface area contributed by atoms with Crippen LogP contribution in [0.2, 0.25) is 5.82 Å². The maximum Gasteiger partial charge on any atom is 0.455 e. The van der Waals surface area contributed by atoms with Crippen LogP contribution in [0.1, 0.15) is 35.2 Å². The molecule has 0 unspecified atom stereocenters. The highest BCUT2D eigenvalue weighted by Gasteiger charge is 2.48. The Morgan fingerprint density at radius 2 is 2.00 bits per heavy atom. The summed E-state index contributed by atoms with van der Waals surface area (Å²) in [6.45, 7) is 1.26. The summed E-state index contributed by atoms with van der Waals surface area (Å²) in [6, 6.07) is 2.93. The summed E-state index contributed by atoms with van der Waals surface area (Å²) in [5.74, 6) is -3.08. The molecular formula is C17H23BN2O8. The zero-order chi connectivity index (χ0) is 20.8. The molecule has 1 amide bonds. The number of rotatable bonds is 7. The lowest BCUT2D eigenvalue weighted by Gasteiger charge is -2.42. The van der Waals surface area contributed by atoms with Gasteiger partial charge in [-0.25, -0.2) is 4.79 Å². The Morgan fingerprint density at radius 3 is 2.50 bits per heavy atom. The number of carbonyl (C=O) groups is 2. The van der Waals surface area contributed by atoms with Crippen molar-refractivity contribution in [1.29, 1.82) is 0 Å². The molecule has 0 spiro atoms. The smallest absolute Gasteiger partial charge is 0.455 e. The van der Waals surface area contributed by atoms with Gasteiger partial charge in [-0.3, -0.25) is 4.79 Å². The summed E-state index contributed by atoms with van der Waals surface area (Å²) in [4.78, 5) is 25.2. The topological polar surface area (TPSA) is 174 Å². The normalized spacial score (nSPS) is 23.5. The number of carboxylic acid groups (broad SMARTS) is 1. The minimum Gasteiger partial charge on any atom is -0.507 e. The Hall–Kier alpha value is -2.34. The molecule has 2 aliphatic rings. The summed E-state index contributed by atoms with van der Waals surface area (Å²) in [5, 5.41) is 47.5. The van der Waals surface area contributed by atoms with Crippen molar-refractivity contribution in [3.8, 4) is 11.5 Å². The Balaban J connectivity index is 1.71. The predicted molar refractivity (Wildman–Crippen MR) is 97.0 cm³/mol. The lowest BCUT2D eigenvalue weighted by atomic mass is 9.81. The van der Waals surface area contributed by atoms with Crippen LogP contribution in [0.5, 0.6) is 11.5 Å². The molecule has 1 saturated heterocycles. The highest BCUT2D eigenvalue weighted by molar-refractivity contribution is 6.44. The fraction of sp³-hybridized carbons (Fsp3) is 0.529. The fourth-order valence-electron chi connectivity index (χ4n) is 3.38. The Kier molecular flexibility index (Phi) is 5.28. The third-order valence-electron chi connectivity index (χ3n) is 5.25. The largest absolute Gasteiger partial charge is 0.507 e. The van der Waals surface area contributed by atoms with Crippen LogP contribution in [0.25, 0.3) is 0 Å². The zero-order valence-corrected chi connectivity index (χ0v) is 15.3. The molecule has 2 fully saturated rings. The highest BCUT2D eigenvalue weighted by Crippen LogP contribution is 2.56. The molecule has 7 N–H and O–H groups in total. The first kappa shape index (κ1) is 20.4. The SMILES string of the molecule is C[C@@](N)(CO)C(=O)N1CC(Oc2ccc([C@@H]3C[C@@H]3B(O)O)c(O)c2C(=O)O)C1. The number of aromatic carboxylic acids is 1. The van der Waals surface area contributed by atoms with Crippen molar-refractivity contribution in [2.75, 3.05) is 19.7 Å². The van der Waals surface area contributed by atoms with Gasteiger partial charge in [0, 0.05) is 5.82 Å². The second-order valence-electron chi connectivity index (χ2n) is 7.63. The molecule has 1 heterocycles. The Labute approximate surface area is 161 Å². The predicted octanol–water partition coefficient (Wildman–Crippen LogP) is -1.28. The molecular weight excluding hydrogens is 371 g/mol. The second kappa shape index (κ2) is 7.24. The number of aliphatic hydroxyl groups excluding tert-OH is 1. The number of carboxylic acids is 1. The first-order chi connectivity index (χ1) is 13.1. The molecule has 1 aliphatic heterocycles. The number of amides is 1. The second-order valence-corrected chi connectivity index (χ2v) is 7.63. The van der Waals surface area contributed by atoms with E-state index in [1.807, 2.05) is 0 Å². The summed E-state index contributed by atoms with van der Waals surface area (Å²) >= 11 is 0. The molecule has 0 bridgehead atoms. The number of aromatic hydroxyl groups is 1. The van der Waals surface area contributed by atoms with Gasteiger partial charge in [0.15, 0.2) is 0 Å². The van der Waals surface area contributed by atoms with Gasteiger partial charge in [0.05, 0.1) is 19.7 Å². The van der Waals surface area contributed by atoms with E-state index in [1.165, 1.54) is 24.0 Å². The number of hydrogen-bond donors (Lipinski definition) is 6. The van der Waals surface area contributed by atoms with E-state index in [9.17, 15) is 29.9 Å². The van der Waals surface area contributed by atoms with Crippen molar-refractivity contribution in [3.63, 3.8) is 0 Å². The van der Waals surface area contributed by atoms with Crippen LogP contribution in [0.4, 0.5) is 0 Å². The summed E-state index contributed by atoms with van der Waals surface area (Å²) in [7, 11) is -1.53. The van der Waals surface area contributed by atoms with Crippen LogP contribution in [-0.2, 0) is 4.79 Å². The number of carbonyl (C=O) groups excluding carboxylic acids is 1. The first-order valence-corrected chi connectivity index (χ1v) is 8.88. The fourth-order valence-corrected chi connectivity index (χ4v) is 3.38. The van der Waals surface area contributed by atoms with E-state index in [4.69, 9.17) is 15.6 Å². The molecule has 11 heteroatoms. The van der Waals surface area contributed by atoms with Gasteiger partial charge in [-0.2, -0.15) is 0 Å². The summed E-state index contributed by atoms with van der Waals surface area (Å²) < 4.78 is 5.64. The molecule has 1 saturated carbocycles. The number of benzene rings is 1. The van der Waals surface area contributed by atoms with E-state index in [2.05, 4.69) is 0 Å². The van der Waals surface area contributed by atoms with Gasteiger partial charge in [0.2, 0.25) is 5.91 Å². The van der Waals surface area contributed by atoms with E-state index in [1.54, 1.807) is 0 Å². The maximum atomic E-state index is 12.1. The number of nitrogens with zero attached hydrogens (tertiary/aromatic N) is 1. The Morgan fingerprint density at radius 1 is 1.36 bits per heavy atom. The molecule has 3 rings (SSSR count). The first-order valence-electron chi connectivity index (χ1n) is 8.88. The van der Waals surface area contributed by atoms with Crippen LogP contribution < -0.4 is 10.5 Å². The van der Waals surface area contributed by atoms with Gasteiger partial charge in [0.25, 0.3) is 0 Å². The molecule has 1 aliphatic carbocycles. The van der Waals surface area contributed by atoms with Gasteiger partial charge in [0.1, 0.15) is 28.7 Å². The van der Waals surface area contributed by atoms with E-state index in [0.29, 0.717) is 12.0 Å². The van der Waals surface area contributed by atoms with Crippen LogP contribution >= 0.6 is 0 Å². The van der Waals surface area contributed by atoms with Crippen LogP contribution in [0.3, 0.4) is 0 Å². The monoisotopic (exact) mass is 394 g/mol. The van der Waals surface area contributed by atoms with Crippen molar-refractivity contribution in [2.45, 2.75) is 36.7 Å². The molecule has 0 radical (unpaired) electrons. The van der Waals surface area contributed by atoms with E-state index in [-0.39, 0.29) is 24.8 Å². The molecule has 3 atom stereocenters.